The molecular formula is C14H16N4O. The number of hydrogen-bond acceptors (Lipinski definition) is 3. The van der Waals surface area contributed by atoms with Crippen molar-refractivity contribution in [2.75, 3.05) is 22.1 Å². The van der Waals surface area contributed by atoms with Crippen LogP contribution in [0.1, 0.15) is 5.56 Å². The average molecular weight is 256 g/mol. The first kappa shape index (κ1) is 12.8. The first-order chi connectivity index (χ1) is 9.04. The van der Waals surface area contributed by atoms with E-state index in [1.165, 1.54) is 0 Å². The zero-order chi connectivity index (χ0) is 13.8. The van der Waals surface area contributed by atoms with Crippen molar-refractivity contribution in [3.05, 3.63) is 48.0 Å². The summed E-state index contributed by atoms with van der Waals surface area (Å²) in [6.45, 7) is 1.96. The van der Waals surface area contributed by atoms with Crippen LogP contribution in [0.4, 0.5) is 27.5 Å². The molecule has 2 rings (SSSR count). The van der Waals surface area contributed by atoms with Crippen LogP contribution in [0.25, 0.3) is 0 Å². The largest absolute Gasteiger partial charge is 0.397 e. The molecule has 0 unspecified atom stereocenters. The number of hydrogen-bond donors (Lipinski definition) is 4. The second-order valence-corrected chi connectivity index (χ2v) is 4.29. The van der Waals surface area contributed by atoms with Gasteiger partial charge in [-0.15, -0.1) is 0 Å². The van der Waals surface area contributed by atoms with Gasteiger partial charge in [0.2, 0.25) is 0 Å². The van der Waals surface area contributed by atoms with Crippen LogP contribution < -0.4 is 22.1 Å². The molecular weight excluding hydrogens is 240 g/mol. The van der Waals surface area contributed by atoms with E-state index in [2.05, 4.69) is 10.6 Å². The van der Waals surface area contributed by atoms with E-state index in [-0.39, 0.29) is 6.03 Å². The van der Waals surface area contributed by atoms with Gasteiger partial charge in [-0.1, -0.05) is 12.1 Å². The van der Waals surface area contributed by atoms with E-state index >= 15 is 0 Å². The minimum atomic E-state index is -0.324. The Bertz CT molecular complexity index is 610. The predicted molar refractivity (Wildman–Crippen MR) is 79.1 cm³/mol. The standard InChI is InChI=1S/C14H16N4O/c1-9-3-2-4-10(7-9)17-14(19)18-11-5-6-12(15)13(16)8-11/h2-8H,15-16H2,1H3,(H2,17,18,19). The number of benzene rings is 2. The second-order valence-electron chi connectivity index (χ2n) is 4.29. The lowest BCUT2D eigenvalue weighted by molar-refractivity contribution is 0.262. The third-order valence-corrected chi connectivity index (χ3v) is 2.62. The topological polar surface area (TPSA) is 93.2 Å². The number of urea groups is 1. The van der Waals surface area contributed by atoms with Crippen LogP contribution in [-0.2, 0) is 0 Å². The van der Waals surface area contributed by atoms with Crippen molar-refractivity contribution in [2.24, 2.45) is 0 Å². The molecule has 19 heavy (non-hydrogen) atoms. The molecule has 0 atom stereocenters. The molecule has 0 aliphatic heterocycles. The van der Waals surface area contributed by atoms with Crippen LogP contribution in [-0.4, -0.2) is 6.03 Å². The average Bonchev–Trinajstić information content (AvgIpc) is 2.34. The summed E-state index contributed by atoms with van der Waals surface area (Å²) in [6.07, 6.45) is 0. The minimum absolute atomic E-state index is 0.324. The monoisotopic (exact) mass is 256 g/mol. The third-order valence-electron chi connectivity index (χ3n) is 2.62. The maximum Gasteiger partial charge on any atom is 0.323 e. The fourth-order valence-corrected chi connectivity index (χ4v) is 1.67. The van der Waals surface area contributed by atoms with Crippen LogP contribution in [0.15, 0.2) is 42.5 Å². The van der Waals surface area contributed by atoms with Gasteiger partial charge < -0.3 is 22.1 Å². The summed E-state index contributed by atoms with van der Waals surface area (Å²) >= 11 is 0. The fourth-order valence-electron chi connectivity index (χ4n) is 1.67. The van der Waals surface area contributed by atoms with Gasteiger partial charge in [-0.3, -0.25) is 0 Å². The third kappa shape index (κ3) is 3.38. The number of carbonyl (C=O) groups is 1. The number of carbonyl (C=O) groups excluding carboxylic acids is 1. The highest BCUT2D eigenvalue weighted by atomic mass is 16.2. The first-order valence-electron chi connectivity index (χ1n) is 5.84. The van der Waals surface area contributed by atoms with E-state index in [9.17, 15) is 4.79 Å². The van der Waals surface area contributed by atoms with Gasteiger partial charge in [0.05, 0.1) is 11.4 Å². The number of nitrogens with two attached hydrogens (primary N) is 2. The van der Waals surface area contributed by atoms with Crippen molar-refractivity contribution < 1.29 is 4.79 Å². The summed E-state index contributed by atoms with van der Waals surface area (Å²) in [6, 6.07) is 12.2. The van der Waals surface area contributed by atoms with Crippen molar-refractivity contribution in [2.45, 2.75) is 6.92 Å². The summed E-state index contributed by atoms with van der Waals surface area (Å²) in [4.78, 5) is 11.8. The summed E-state index contributed by atoms with van der Waals surface area (Å²) in [5.41, 5.74) is 14.6. The van der Waals surface area contributed by atoms with Crippen molar-refractivity contribution in [3.8, 4) is 0 Å². The molecule has 0 aliphatic rings. The van der Waals surface area contributed by atoms with E-state index in [4.69, 9.17) is 11.5 Å². The fraction of sp³-hybridized carbons (Fsp3) is 0.0714. The zero-order valence-electron chi connectivity index (χ0n) is 10.6. The van der Waals surface area contributed by atoms with Gasteiger partial charge in [-0.2, -0.15) is 0 Å². The molecule has 0 heterocycles. The molecule has 0 spiro atoms. The molecule has 2 aromatic rings. The summed E-state index contributed by atoms with van der Waals surface area (Å²) in [5.74, 6) is 0. The lowest BCUT2D eigenvalue weighted by atomic mass is 10.2. The number of nitrogen functional groups attached to an aromatic ring is 2. The molecule has 0 aromatic heterocycles. The Balaban J connectivity index is 2.03. The Morgan fingerprint density at radius 2 is 1.63 bits per heavy atom. The highest BCUT2D eigenvalue weighted by molar-refractivity contribution is 6.00. The summed E-state index contributed by atoms with van der Waals surface area (Å²) in [5, 5.41) is 5.44. The maximum atomic E-state index is 11.8. The lowest BCUT2D eigenvalue weighted by Gasteiger charge is -2.09. The highest BCUT2D eigenvalue weighted by Gasteiger charge is 2.04. The normalized spacial score (nSPS) is 9.95. The van der Waals surface area contributed by atoms with Crippen LogP contribution in [0, 0.1) is 6.92 Å². The van der Waals surface area contributed by atoms with E-state index in [1.54, 1.807) is 18.2 Å². The van der Waals surface area contributed by atoms with Gasteiger partial charge in [0, 0.05) is 11.4 Å². The highest BCUT2D eigenvalue weighted by Crippen LogP contribution is 2.19. The molecule has 2 amide bonds. The Hall–Kier alpha value is -2.69. The van der Waals surface area contributed by atoms with Crippen molar-refractivity contribution in [3.63, 3.8) is 0 Å². The summed E-state index contributed by atoms with van der Waals surface area (Å²) in [7, 11) is 0. The number of anilines is 4. The van der Waals surface area contributed by atoms with Crippen molar-refractivity contribution >= 4 is 28.8 Å². The van der Waals surface area contributed by atoms with Crippen LogP contribution in [0.5, 0.6) is 0 Å². The van der Waals surface area contributed by atoms with Crippen molar-refractivity contribution in [1.29, 1.82) is 0 Å². The van der Waals surface area contributed by atoms with Gasteiger partial charge in [0.25, 0.3) is 0 Å². The molecule has 0 saturated carbocycles. The molecule has 0 radical (unpaired) electrons. The molecule has 98 valence electrons. The number of rotatable bonds is 2. The smallest absolute Gasteiger partial charge is 0.323 e. The molecule has 0 bridgehead atoms. The quantitative estimate of drug-likeness (QED) is 0.622. The van der Waals surface area contributed by atoms with Crippen molar-refractivity contribution in [1.82, 2.24) is 0 Å². The Morgan fingerprint density at radius 3 is 2.26 bits per heavy atom. The van der Waals surface area contributed by atoms with Crippen LogP contribution in [0.2, 0.25) is 0 Å². The van der Waals surface area contributed by atoms with E-state index in [1.807, 2.05) is 31.2 Å². The second kappa shape index (κ2) is 5.30. The minimum Gasteiger partial charge on any atom is -0.397 e. The molecule has 0 aliphatic carbocycles. The molecule has 5 heteroatoms. The SMILES string of the molecule is Cc1cccc(NC(=O)Nc2ccc(N)c(N)c2)c1. The van der Waals surface area contributed by atoms with Crippen LogP contribution in [0.3, 0.4) is 0 Å². The Labute approximate surface area is 111 Å². The number of aryl methyl sites for hydroxylation is 1. The Kier molecular flexibility index (Phi) is 3.56. The zero-order valence-corrected chi connectivity index (χ0v) is 10.6. The lowest BCUT2D eigenvalue weighted by Crippen LogP contribution is -2.19. The molecule has 5 nitrogen and oxygen atoms in total. The number of nitrogens with one attached hydrogen (secondary N) is 2. The van der Waals surface area contributed by atoms with Gasteiger partial charge in [0.15, 0.2) is 0 Å². The van der Waals surface area contributed by atoms with Gasteiger partial charge >= 0.3 is 6.03 Å². The van der Waals surface area contributed by atoms with Crippen LogP contribution >= 0.6 is 0 Å². The summed E-state index contributed by atoms with van der Waals surface area (Å²) < 4.78 is 0. The van der Waals surface area contributed by atoms with Gasteiger partial charge in [-0.25, -0.2) is 4.79 Å². The number of amides is 2. The molecule has 0 saturated heterocycles. The Morgan fingerprint density at radius 1 is 0.947 bits per heavy atom. The molecule has 2 aromatic carbocycles. The predicted octanol–water partition coefficient (Wildman–Crippen LogP) is 2.80. The van der Waals surface area contributed by atoms with E-state index in [0.717, 1.165) is 11.3 Å². The maximum absolute atomic E-state index is 11.8. The first-order valence-corrected chi connectivity index (χ1v) is 5.84. The van der Waals surface area contributed by atoms with E-state index < -0.39 is 0 Å². The van der Waals surface area contributed by atoms with E-state index in [0.29, 0.717) is 17.1 Å². The molecule has 6 N–H and O–H groups in total. The van der Waals surface area contributed by atoms with Gasteiger partial charge in [0.1, 0.15) is 0 Å². The molecule has 0 fully saturated rings. The van der Waals surface area contributed by atoms with Gasteiger partial charge in [-0.05, 0) is 42.8 Å².